The van der Waals surface area contributed by atoms with Crippen LogP contribution in [-0.2, 0) is 6.54 Å². The van der Waals surface area contributed by atoms with Gasteiger partial charge in [-0.2, -0.15) is 0 Å². The van der Waals surface area contributed by atoms with Crippen LogP contribution in [0.25, 0.3) is 6.08 Å². The highest BCUT2D eigenvalue weighted by molar-refractivity contribution is 5.55. The molecule has 0 N–H and O–H groups in total. The van der Waals surface area contributed by atoms with E-state index in [0.29, 0.717) is 6.73 Å². The fourth-order valence-electron chi connectivity index (χ4n) is 2.06. The third-order valence-corrected chi connectivity index (χ3v) is 3.03. The molecule has 0 bridgehead atoms. The van der Waals surface area contributed by atoms with E-state index in [1.54, 1.807) is 0 Å². The van der Waals surface area contributed by atoms with Crippen LogP contribution in [0, 0.1) is 0 Å². The monoisotopic (exact) mass is 237 g/mol. The molecule has 1 aliphatic heterocycles. The predicted molar refractivity (Wildman–Crippen MR) is 73.0 cm³/mol. The molecule has 0 spiro atoms. The van der Waals surface area contributed by atoms with Crippen molar-refractivity contribution in [1.82, 2.24) is 4.90 Å². The van der Waals surface area contributed by atoms with Crippen LogP contribution in [0.4, 0.5) is 0 Å². The lowest BCUT2D eigenvalue weighted by Gasteiger charge is -2.25. The van der Waals surface area contributed by atoms with Crippen LogP contribution in [0.3, 0.4) is 0 Å². The van der Waals surface area contributed by atoms with Crippen molar-refractivity contribution in [3.63, 3.8) is 0 Å². The molecular formula is C16H15NO. The molecule has 0 aromatic heterocycles. The Kier molecular flexibility index (Phi) is 3.01. The Morgan fingerprint density at radius 2 is 1.72 bits per heavy atom. The van der Waals surface area contributed by atoms with Crippen LogP contribution in [-0.4, -0.2) is 11.6 Å². The smallest absolute Gasteiger partial charge is 0.161 e. The number of nitrogens with zero attached hydrogens (tertiary/aromatic N) is 1. The fourth-order valence-corrected chi connectivity index (χ4v) is 2.06. The number of ether oxygens (including phenoxy) is 1. The zero-order chi connectivity index (χ0) is 12.2. The van der Waals surface area contributed by atoms with Gasteiger partial charge in [0.15, 0.2) is 6.73 Å². The van der Waals surface area contributed by atoms with E-state index in [4.69, 9.17) is 4.74 Å². The minimum absolute atomic E-state index is 0.578. The average Bonchev–Trinajstić information content (AvgIpc) is 2.46. The second-order valence-corrected chi connectivity index (χ2v) is 4.35. The Labute approximate surface area is 107 Å². The topological polar surface area (TPSA) is 12.5 Å². The summed E-state index contributed by atoms with van der Waals surface area (Å²) in [6.45, 7) is 1.48. The first-order valence-electron chi connectivity index (χ1n) is 6.10. The summed E-state index contributed by atoms with van der Waals surface area (Å²) in [6.07, 6.45) is 4.22. The Morgan fingerprint density at radius 1 is 0.944 bits per heavy atom. The van der Waals surface area contributed by atoms with Gasteiger partial charge in [0.05, 0.1) is 0 Å². The third kappa shape index (κ3) is 2.38. The molecule has 0 atom stereocenters. The number of benzene rings is 2. The van der Waals surface area contributed by atoms with Crippen molar-refractivity contribution < 1.29 is 4.74 Å². The molecule has 2 heteroatoms. The molecule has 2 aromatic carbocycles. The number of rotatable bonds is 3. The lowest BCUT2D eigenvalue weighted by molar-refractivity contribution is 0.166. The Morgan fingerprint density at radius 3 is 2.61 bits per heavy atom. The van der Waals surface area contributed by atoms with Crippen molar-refractivity contribution in [3.05, 3.63) is 71.9 Å². The number of para-hydroxylation sites is 1. The highest BCUT2D eigenvalue weighted by Crippen LogP contribution is 2.19. The summed E-state index contributed by atoms with van der Waals surface area (Å²) < 4.78 is 5.74. The van der Waals surface area contributed by atoms with Crippen LogP contribution in [0.2, 0.25) is 0 Å². The van der Waals surface area contributed by atoms with Gasteiger partial charge in [0.1, 0.15) is 5.75 Å². The summed E-state index contributed by atoms with van der Waals surface area (Å²) in [7, 11) is 0. The summed E-state index contributed by atoms with van der Waals surface area (Å²) in [5.41, 5.74) is 2.64. The zero-order valence-corrected chi connectivity index (χ0v) is 10.1. The first-order valence-corrected chi connectivity index (χ1v) is 6.10. The van der Waals surface area contributed by atoms with Crippen molar-refractivity contribution >= 4 is 6.08 Å². The van der Waals surface area contributed by atoms with Crippen molar-refractivity contribution in [2.75, 3.05) is 6.73 Å². The van der Waals surface area contributed by atoms with Crippen molar-refractivity contribution in [1.29, 1.82) is 0 Å². The van der Waals surface area contributed by atoms with Crippen LogP contribution in [0.1, 0.15) is 11.1 Å². The molecule has 0 radical (unpaired) electrons. The van der Waals surface area contributed by atoms with Crippen LogP contribution < -0.4 is 4.74 Å². The summed E-state index contributed by atoms with van der Waals surface area (Å²) in [4.78, 5) is 2.16. The van der Waals surface area contributed by atoms with Gasteiger partial charge in [-0.1, -0.05) is 42.5 Å². The van der Waals surface area contributed by atoms with Gasteiger partial charge >= 0.3 is 0 Å². The van der Waals surface area contributed by atoms with Crippen molar-refractivity contribution in [2.45, 2.75) is 6.54 Å². The molecule has 2 nitrogen and oxygen atoms in total. The van der Waals surface area contributed by atoms with E-state index in [2.05, 4.69) is 41.4 Å². The lowest BCUT2D eigenvalue weighted by atomic mass is 10.1. The van der Waals surface area contributed by atoms with E-state index < -0.39 is 0 Å². The van der Waals surface area contributed by atoms with E-state index in [9.17, 15) is 0 Å². The average molecular weight is 237 g/mol. The van der Waals surface area contributed by atoms with Gasteiger partial charge in [-0.25, -0.2) is 0 Å². The Balaban J connectivity index is 1.64. The molecule has 0 unspecified atom stereocenters. The second-order valence-electron chi connectivity index (χ2n) is 4.35. The van der Waals surface area contributed by atoms with Gasteiger partial charge < -0.3 is 9.64 Å². The van der Waals surface area contributed by atoms with Crippen molar-refractivity contribution in [3.8, 4) is 5.75 Å². The minimum atomic E-state index is 0.578. The molecule has 0 saturated carbocycles. The highest BCUT2D eigenvalue weighted by Gasteiger charge is 2.09. The maximum atomic E-state index is 5.74. The normalized spacial score (nSPS) is 13.2. The molecule has 0 amide bonds. The lowest BCUT2D eigenvalue weighted by Crippen LogP contribution is -2.24. The maximum absolute atomic E-state index is 5.74. The minimum Gasteiger partial charge on any atom is -0.473 e. The zero-order valence-electron chi connectivity index (χ0n) is 10.1. The van der Waals surface area contributed by atoms with E-state index in [-0.39, 0.29) is 0 Å². The SMILES string of the molecule is C1=CN(COc2ccccc2)Cc2ccccc21. The van der Waals surface area contributed by atoms with E-state index in [0.717, 1.165) is 12.3 Å². The largest absolute Gasteiger partial charge is 0.473 e. The van der Waals surface area contributed by atoms with E-state index in [1.165, 1.54) is 11.1 Å². The molecule has 90 valence electrons. The number of hydrogen-bond acceptors (Lipinski definition) is 2. The molecule has 0 fully saturated rings. The van der Waals surface area contributed by atoms with Gasteiger partial charge in [-0.15, -0.1) is 0 Å². The van der Waals surface area contributed by atoms with Crippen LogP contribution in [0.5, 0.6) is 5.75 Å². The third-order valence-electron chi connectivity index (χ3n) is 3.03. The molecule has 1 aliphatic rings. The van der Waals surface area contributed by atoms with E-state index in [1.807, 2.05) is 30.3 Å². The first-order chi connectivity index (χ1) is 8.92. The first kappa shape index (κ1) is 10.9. The Bertz CT molecular complexity index is 548. The molecule has 0 saturated heterocycles. The van der Waals surface area contributed by atoms with Crippen molar-refractivity contribution in [2.24, 2.45) is 0 Å². The molecule has 18 heavy (non-hydrogen) atoms. The van der Waals surface area contributed by atoms with Gasteiger partial charge in [0, 0.05) is 12.7 Å². The summed E-state index contributed by atoms with van der Waals surface area (Å²) in [6, 6.07) is 18.4. The highest BCUT2D eigenvalue weighted by atomic mass is 16.5. The van der Waals surface area contributed by atoms with Gasteiger partial charge in [-0.3, -0.25) is 0 Å². The Hall–Kier alpha value is -2.22. The number of hydrogen-bond donors (Lipinski definition) is 0. The number of fused-ring (bicyclic) bond motifs is 1. The summed E-state index contributed by atoms with van der Waals surface area (Å²) in [5, 5.41) is 0. The van der Waals surface area contributed by atoms with Gasteiger partial charge in [0.25, 0.3) is 0 Å². The fraction of sp³-hybridized carbons (Fsp3) is 0.125. The molecular weight excluding hydrogens is 222 g/mol. The van der Waals surface area contributed by atoms with Gasteiger partial charge in [0.2, 0.25) is 0 Å². The van der Waals surface area contributed by atoms with Crippen LogP contribution in [0.15, 0.2) is 60.8 Å². The molecule has 0 aliphatic carbocycles. The molecule has 3 rings (SSSR count). The summed E-state index contributed by atoms with van der Waals surface area (Å²) >= 11 is 0. The maximum Gasteiger partial charge on any atom is 0.161 e. The van der Waals surface area contributed by atoms with Gasteiger partial charge in [-0.05, 0) is 29.3 Å². The summed E-state index contributed by atoms with van der Waals surface area (Å²) in [5.74, 6) is 0.907. The predicted octanol–water partition coefficient (Wildman–Crippen LogP) is 3.51. The van der Waals surface area contributed by atoms with E-state index >= 15 is 0 Å². The standard InChI is InChI=1S/C16H15NO/c1-2-8-16(9-3-1)18-13-17-11-10-14-6-4-5-7-15(14)12-17/h1-11H,12-13H2. The quantitative estimate of drug-likeness (QED) is 0.810. The molecule has 1 heterocycles. The van der Waals surface area contributed by atoms with Crippen LogP contribution >= 0.6 is 0 Å². The second kappa shape index (κ2) is 4.96. The molecule has 2 aromatic rings.